The summed E-state index contributed by atoms with van der Waals surface area (Å²) in [5, 5.41) is 4.56. The summed E-state index contributed by atoms with van der Waals surface area (Å²) in [6, 6.07) is 17.7. The molecule has 0 spiro atoms. The zero-order valence-electron chi connectivity index (χ0n) is 26.0. The van der Waals surface area contributed by atoms with Crippen LogP contribution in [0.1, 0.15) is 74.6 Å². The van der Waals surface area contributed by atoms with Crippen LogP contribution < -0.4 is 22.3 Å². The quantitative estimate of drug-likeness (QED) is 0.127. The Morgan fingerprint density at radius 3 is 2.63 bits per heavy atom. The molecule has 0 saturated carbocycles. The molecule has 10 heteroatoms. The summed E-state index contributed by atoms with van der Waals surface area (Å²) in [6.07, 6.45) is 12.2. The predicted octanol–water partition coefficient (Wildman–Crippen LogP) is 6.74. The van der Waals surface area contributed by atoms with E-state index in [1.165, 1.54) is 10.1 Å². The number of H-pyrrole nitrogens is 2. The fourth-order valence-electron chi connectivity index (χ4n) is 6.51. The Morgan fingerprint density at radius 2 is 1.85 bits per heavy atom. The van der Waals surface area contributed by atoms with Gasteiger partial charge in [0, 0.05) is 47.5 Å². The Bertz CT molecular complexity index is 1930. The zero-order chi connectivity index (χ0) is 32.2. The standard InChI is InChI=1S/C36H40ClFN6O2/c1-22(39)5-2-7-24-17-29(34(38)30(37)18-24)32-20-26-21-44(36(46)43-35(26)42-32)28-13-11-25(12-14-28)31-10-4-9-27(41-31)8-3-6-23-15-16-40-33(45)19-23/h11-22,27,31,41H,2-10,39H2,1H3,(H,40,45)(H,42,43,46)/t22-,27+,31-/m0/s1. The van der Waals surface area contributed by atoms with Crippen molar-refractivity contribution in [1.82, 2.24) is 24.8 Å². The molecule has 5 aromatic rings. The van der Waals surface area contributed by atoms with Crippen molar-refractivity contribution in [3.8, 4) is 16.9 Å². The van der Waals surface area contributed by atoms with Crippen LogP contribution in [0.25, 0.3) is 28.0 Å². The predicted molar refractivity (Wildman–Crippen MR) is 182 cm³/mol. The number of benzene rings is 2. The number of nitrogens with one attached hydrogen (secondary N) is 3. The van der Waals surface area contributed by atoms with Crippen molar-refractivity contribution in [1.29, 1.82) is 0 Å². The van der Waals surface area contributed by atoms with Gasteiger partial charge in [0.1, 0.15) is 5.65 Å². The van der Waals surface area contributed by atoms with Gasteiger partial charge in [-0.2, -0.15) is 4.98 Å². The lowest BCUT2D eigenvalue weighted by molar-refractivity contribution is 0.308. The molecule has 0 radical (unpaired) electrons. The van der Waals surface area contributed by atoms with Gasteiger partial charge in [0.2, 0.25) is 5.56 Å². The van der Waals surface area contributed by atoms with Crippen LogP contribution in [0.2, 0.25) is 5.02 Å². The van der Waals surface area contributed by atoms with E-state index in [9.17, 15) is 9.59 Å². The number of piperidine rings is 1. The van der Waals surface area contributed by atoms with E-state index < -0.39 is 11.5 Å². The number of pyridine rings is 1. The van der Waals surface area contributed by atoms with Crippen molar-refractivity contribution in [2.24, 2.45) is 5.73 Å². The normalized spacial score (nSPS) is 17.4. The molecule has 3 aromatic heterocycles. The molecular formula is C36H40ClFN6O2. The summed E-state index contributed by atoms with van der Waals surface area (Å²) >= 11 is 6.27. The van der Waals surface area contributed by atoms with Gasteiger partial charge in [-0.05, 0) is 111 Å². The summed E-state index contributed by atoms with van der Waals surface area (Å²) in [6.45, 7) is 1.97. The maximum absolute atomic E-state index is 15.2. The van der Waals surface area contributed by atoms with E-state index in [1.807, 2.05) is 25.1 Å². The molecular weight excluding hydrogens is 603 g/mol. The Morgan fingerprint density at radius 1 is 1.04 bits per heavy atom. The fourth-order valence-corrected chi connectivity index (χ4v) is 6.75. The molecule has 240 valence electrons. The van der Waals surface area contributed by atoms with Crippen molar-refractivity contribution in [3.05, 3.63) is 115 Å². The van der Waals surface area contributed by atoms with Gasteiger partial charge in [0.15, 0.2) is 5.82 Å². The molecule has 0 unspecified atom stereocenters. The van der Waals surface area contributed by atoms with Gasteiger partial charge in [0.25, 0.3) is 0 Å². The van der Waals surface area contributed by atoms with E-state index in [2.05, 4.69) is 32.4 Å². The maximum Gasteiger partial charge on any atom is 0.354 e. The highest BCUT2D eigenvalue weighted by Crippen LogP contribution is 2.32. The van der Waals surface area contributed by atoms with Crippen LogP contribution in [0.5, 0.6) is 0 Å². The monoisotopic (exact) mass is 642 g/mol. The molecule has 8 nitrogen and oxygen atoms in total. The molecule has 46 heavy (non-hydrogen) atoms. The number of nitrogens with zero attached hydrogens (tertiary/aromatic N) is 2. The van der Waals surface area contributed by atoms with Crippen molar-refractivity contribution in [3.63, 3.8) is 0 Å². The average molecular weight is 643 g/mol. The fraction of sp³-hybridized carbons (Fsp3) is 0.361. The third-order valence-corrected chi connectivity index (χ3v) is 9.20. The molecule has 1 saturated heterocycles. The molecule has 1 aliphatic heterocycles. The van der Waals surface area contributed by atoms with Crippen LogP contribution in [0, 0.1) is 5.82 Å². The summed E-state index contributed by atoms with van der Waals surface area (Å²) in [7, 11) is 0. The lowest BCUT2D eigenvalue weighted by Crippen LogP contribution is -2.36. The summed E-state index contributed by atoms with van der Waals surface area (Å²) in [5.74, 6) is -0.513. The molecule has 1 fully saturated rings. The van der Waals surface area contributed by atoms with Crippen LogP contribution in [0.3, 0.4) is 0 Å². The molecule has 1 aliphatic rings. The molecule has 3 atom stereocenters. The number of fused-ring (bicyclic) bond motifs is 1. The first-order valence-corrected chi connectivity index (χ1v) is 16.5. The van der Waals surface area contributed by atoms with Crippen LogP contribution >= 0.6 is 11.6 Å². The van der Waals surface area contributed by atoms with Gasteiger partial charge >= 0.3 is 5.69 Å². The second kappa shape index (κ2) is 14.2. The van der Waals surface area contributed by atoms with Crippen molar-refractivity contribution >= 4 is 22.6 Å². The molecule has 0 bridgehead atoms. The van der Waals surface area contributed by atoms with E-state index in [1.54, 1.807) is 36.7 Å². The largest absolute Gasteiger partial charge is 0.354 e. The topological polar surface area (TPSA) is 122 Å². The smallest absolute Gasteiger partial charge is 0.339 e. The van der Waals surface area contributed by atoms with E-state index in [4.69, 9.17) is 17.3 Å². The third-order valence-electron chi connectivity index (χ3n) is 8.92. The first-order chi connectivity index (χ1) is 22.2. The second-order valence-corrected chi connectivity index (χ2v) is 13.0. The second-order valence-electron chi connectivity index (χ2n) is 12.6. The highest BCUT2D eigenvalue weighted by Gasteiger charge is 2.22. The highest BCUT2D eigenvalue weighted by atomic mass is 35.5. The number of rotatable bonds is 11. The first kappa shape index (κ1) is 31.9. The van der Waals surface area contributed by atoms with Crippen LogP contribution in [-0.2, 0) is 12.8 Å². The number of nitrogens with two attached hydrogens (primary N) is 1. The van der Waals surface area contributed by atoms with Crippen LogP contribution in [0.4, 0.5) is 4.39 Å². The molecule has 4 heterocycles. The number of hydrogen-bond acceptors (Lipinski definition) is 5. The van der Waals surface area contributed by atoms with Crippen LogP contribution in [0.15, 0.2) is 76.6 Å². The summed E-state index contributed by atoms with van der Waals surface area (Å²) in [4.78, 5) is 34.7. The first-order valence-electron chi connectivity index (χ1n) is 16.1. The third kappa shape index (κ3) is 7.49. The Balaban J connectivity index is 1.15. The average Bonchev–Trinajstić information content (AvgIpc) is 3.45. The number of aromatic nitrogens is 4. The highest BCUT2D eigenvalue weighted by molar-refractivity contribution is 6.31. The molecule has 2 aromatic carbocycles. The Labute approximate surface area is 272 Å². The SMILES string of the molecule is C[C@H](N)CCCc1cc(Cl)c(F)c(-c2cc3cn(-c4ccc([C@@H]5CCC[C@@H](CCCc6cc[nH]c(=O)c6)N5)cc4)c(=O)nc3[nH]2)c1. The lowest BCUT2D eigenvalue weighted by atomic mass is 9.91. The number of aromatic amines is 2. The minimum absolute atomic E-state index is 0.0568. The summed E-state index contributed by atoms with van der Waals surface area (Å²) in [5.41, 5.74) is 10.5. The van der Waals surface area contributed by atoms with Crippen LogP contribution in [-0.4, -0.2) is 31.6 Å². The number of hydrogen-bond donors (Lipinski definition) is 4. The zero-order valence-corrected chi connectivity index (χ0v) is 26.7. The molecule has 0 aliphatic carbocycles. The minimum Gasteiger partial charge on any atom is -0.339 e. The lowest BCUT2D eigenvalue weighted by Gasteiger charge is -2.31. The summed E-state index contributed by atoms with van der Waals surface area (Å²) < 4.78 is 16.7. The molecule has 5 N–H and O–H groups in total. The van der Waals surface area contributed by atoms with Crippen molar-refractivity contribution in [2.75, 3.05) is 0 Å². The molecule has 0 amide bonds. The van der Waals surface area contributed by atoms with E-state index in [-0.39, 0.29) is 22.7 Å². The van der Waals surface area contributed by atoms with E-state index >= 15 is 4.39 Å². The van der Waals surface area contributed by atoms with Crippen molar-refractivity contribution in [2.45, 2.75) is 82.8 Å². The number of aryl methyl sites for hydroxylation is 2. The maximum atomic E-state index is 15.2. The van der Waals surface area contributed by atoms with Gasteiger partial charge in [-0.1, -0.05) is 30.2 Å². The molecule has 6 rings (SSSR count). The van der Waals surface area contributed by atoms with Crippen molar-refractivity contribution < 1.29 is 4.39 Å². The minimum atomic E-state index is -0.513. The van der Waals surface area contributed by atoms with E-state index in [0.29, 0.717) is 34.0 Å². The van der Waals surface area contributed by atoms with E-state index in [0.717, 1.165) is 68.9 Å². The Hall–Kier alpha value is -4.05. The van der Waals surface area contributed by atoms with Gasteiger partial charge < -0.3 is 21.0 Å². The van der Waals surface area contributed by atoms with Gasteiger partial charge in [-0.15, -0.1) is 0 Å². The van der Waals surface area contributed by atoms with Gasteiger partial charge in [0.05, 0.1) is 16.4 Å². The van der Waals surface area contributed by atoms with Gasteiger partial charge in [-0.25, -0.2) is 9.18 Å². The van der Waals surface area contributed by atoms with Gasteiger partial charge in [-0.3, -0.25) is 9.36 Å². The Kier molecular flexibility index (Phi) is 9.82. The number of halogens is 2.